The number of para-hydroxylation sites is 1. The highest BCUT2D eigenvalue weighted by Gasteiger charge is 2.47. The molecule has 3 atom stereocenters. The first-order valence-electron chi connectivity index (χ1n) is 10.2. The lowest BCUT2D eigenvalue weighted by molar-refractivity contribution is -0.147. The summed E-state index contributed by atoms with van der Waals surface area (Å²) in [7, 11) is 0. The molecule has 1 aliphatic carbocycles. The molecule has 2 aliphatic rings. The maximum absolute atomic E-state index is 12.9. The summed E-state index contributed by atoms with van der Waals surface area (Å²) in [5.74, 6) is -1.97. The van der Waals surface area contributed by atoms with Crippen LogP contribution in [0.5, 0.6) is 0 Å². The van der Waals surface area contributed by atoms with Crippen molar-refractivity contribution in [3.05, 3.63) is 47.7 Å². The molecule has 2 amide bonds. The van der Waals surface area contributed by atoms with Gasteiger partial charge >= 0.3 is 5.97 Å². The number of Topliss-reactive ketones (excluding diaryl/α,β-unsaturated/α-hetero) is 1. The summed E-state index contributed by atoms with van der Waals surface area (Å²) in [5, 5.41) is 0.785. The lowest BCUT2D eigenvalue weighted by atomic mass is 9.85. The lowest BCUT2D eigenvalue weighted by Crippen LogP contribution is -2.34. The van der Waals surface area contributed by atoms with Gasteiger partial charge in [-0.3, -0.25) is 24.1 Å². The number of fused-ring (bicyclic) bond motifs is 2. The van der Waals surface area contributed by atoms with Crippen molar-refractivity contribution < 1.29 is 23.9 Å². The Morgan fingerprint density at radius 3 is 2.43 bits per heavy atom. The van der Waals surface area contributed by atoms with E-state index in [-0.39, 0.29) is 42.4 Å². The number of rotatable bonds is 6. The number of aromatic amines is 1. The number of allylic oxidation sites excluding steroid dienone is 2. The van der Waals surface area contributed by atoms with E-state index in [1.54, 1.807) is 6.92 Å². The summed E-state index contributed by atoms with van der Waals surface area (Å²) in [4.78, 5) is 54.5. The summed E-state index contributed by atoms with van der Waals surface area (Å²) < 4.78 is 5.32. The molecule has 156 valence electrons. The van der Waals surface area contributed by atoms with Gasteiger partial charge in [-0.05, 0) is 32.8 Å². The fourth-order valence-corrected chi connectivity index (χ4v) is 4.40. The number of likely N-dealkylation sites (tertiary alicyclic amines) is 1. The van der Waals surface area contributed by atoms with Gasteiger partial charge in [-0.15, -0.1) is 0 Å². The van der Waals surface area contributed by atoms with Crippen LogP contribution in [0, 0.1) is 18.8 Å². The number of benzene rings is 1. The monoisotopic (exact) mass is 408 g/mol. The number of esters is 1. The smallest absolute Gasteiger partial charge is 0.308 e. The minimum atomic E-state index is -0.966. The van der Waals surface area contributed by atoms with Gasteiger partial charge in [0.05, 0.1) is 18.3 Å². The Morgan fingerprint density at radius 1 is 1.13 bits per heavy atom. The maximum Gasteiger partial charge on any atom is 0.308 e. The fraction of sp³-hybridized carbons (Fsp3) is 0.391. The Morgan fingerprint density at radius 2 is 1.77 bits per heavy atom. The number of ketones is 1. The first kappa shape index (κ1) is 20.1. The molecular weight excluding hydrogens is 384 g/mol. The first-order chi connectivity index (χ1) is 14.4. The molecule has 1 aromatic heterocycles. The number of H-pyrrole nitrogens is 1. The van der Waals surface area contributed by atoms with E-state index in [0.29, 0.717) is 24.1 Å². The summed E-state index contributed by atoms with van der Waals surface area (Å²) in [6.45, 7) is 3.32. The molecule has 1 saturated heterocycles. The number of ether oxygens (including phenoxy) is 1. The summed E-state index contributed by atoms with van der Waals surface area (Å²) in [6, 6.07) is 7.45. The molecule has 0 unspecified atom stereocenters. The van der Waals surface area contributed by atoms with Crippen LogP contribution in [0.4, 0.5) is 0 Å². The van der Waals surface area contributed by atoms with Gasteiger partial charge in [0.2, 0.25) is 17.6 Å². The molecule has 0 spiro atoms. The van der Waals surface area contributed by atoms with Crippen molar-refractivity contribution in [3.8, 4) is 0 Å². The van der Waals surface area contributed by atoms with Gasteiger partial charge in [0.25, 0.3) is 0 Å². The summed E-state index contributed by atoms with van der Waals surface area (Å²) in [6.07, 6.45) is 3.87. The third kappa shape index (κ3) is 3.44. The third-order valence-electron chi connectivity index (χ3n) is 5.96. The Labute approximate surface area is 174 Å². The van der Waals surface area contributed by atoms with Crippen LogP contribution in [0.1, 0.15) is 42.2 Å². The second kappa shape index (κ2) is 7.89. The van der Waals surface area contributed by atoms with Gasteiger partial charge < -0.3 is 9.72 Å². The van der Waals surface area contributed by atoms with E-state index in [4.69, 9.17) is 4.74 Å². The van der Waals surface area contributed by atoms with E-state index < -0.39 is 12.1 Å². The molecule has 1 aromatic carbocycles. The molecular formula is C23H24N2O5. The van der Waals surface area contributed by atoms with Gasteiger partial charge in [-0.1, -0.05) is 30.4 Å². The van der Waals surface area contributed by atoms with Crippen LogP contribution in [0.25, 0.3) is 10.9 Å². The zero-order chi connectivity index (χ0) is 21.4. The topological polar surface area (TPSA) is 96.5 Å². The average Bonchev–Trinajstić information content (AvgIpc) is 3.19. The first-order valence-corrected chi connectivity index (χ1v) is 10.2. The SMILES string of the molecule is Cc1[nH]c2ccccc2c1C(=O)[C@H](C)OC(=O)CCN1C(=O)[C@H]2CC=CC[C@H]2C1=O. The summed E-state index contributed by atoms with van der Waals surface area (Å²) in [5.41, 5.74) is 2.07. The number of hydrogen-bond acceptors (Lipinski definition) is 5. The quantitative estimate of drug-likeness (QED) is 0.343. The van der Waals surface area contributed by atoms with Crippen LogP contribution in [0.15, 0.2) is 36.4 Å². The number of nitrogens with zero attached hydrogens (tertiary/aromatic N) is 1. The van der Waals surface area contributed by atoms with Gasteiger partial charge in [-0.2, -0.15) is 0 Å². The van der Waals surface area contributed by atoms with Gasteiger partial charge in [-0.25, -0.2) is 0 Å². The molecule has 2 aromatic rings. The van der Waals surface area contributed by atoms with Crippen molar-refractivity contribution in [2.45, 2.75) is 39.2 Å². The van der Waals surface area contributed by atoms with E-state index in [2.05, 4.69) is 4.98 Å². The Hall–Kier alpha value is -3.22. The van der Waals surface area contributed by atoms with Crippen LogP contribution in [-0.4, -0.2) is 46.1 Å². The van der Waals surface area contributed by atoms with Crippen molar-refractivity contribution in [1.29, 1.82) is 0 Å². The molecule has 7 heteroatoms. The number of hydrogen-bond donors (Lipinski definition) is 1. The van der Waals surface area contributed by atoms with Crippen LogP contribution in [-0.2, 0) is 19.1 Å². The second-order valence-corrected chi connectivity index (χ2v) is 7.90. The van der Waals surface area contributed by atoms with E-state index in [1.165, 1.54) is 11.8 Å². The van der Waals surface area contributed by atoms with Crippen molar-refractivity contribution in [2.24, 2.45) is 11.8 Å². The Balaban J connectivity index is 1.37. The van der Waals surface area contributed by atoms with E-state index in [0.717, 1.165) is 10.9 Å². The minimum absolute atomic E-state index is 0.0173. The number of carbonyl (C=O) groups excluding carboxylic acids is 4. The number of nitrogens with one attached hydrogen (secondary N) is 1. The molecule has 0 bridgehead atoms. The van der Waals surface area contributed by atoms with E-state index >= 15 is 0 Å². The lowest BCUT2D eigenvalue weighted by Gasteiger charge is -2.16. The zero-order valence-electron chi connectivity index (χ0n) is 17.0. The minimum Gasteiger partial charge on any atom is -0.454 e. The fourth-order valence-electron chi connectivity index (χ4n) is 4.40. The summed E-state index contributed by atoms with van der Waals surface area (Å²) >= 11 is 0. The van der Waals surface area contributed by atoms with Gasteiger partial charge in [0, 0.05) is 28.7 Å². The van der Waals surface area contributed by atoms with Gasteiger partial charge in [0.1, 0.15) is 0 Å². The van der Waals surface area contributed by atoms with Crippen molar-refractivity contribution >= 4 is 34.5 Å². The molecule has 30 heavy (non-hydrogen) atoms. The Kier molecular flexibility index (Phi) is 5.28. The predicted molar refractivity (Wildman–Crippen MR) is 110 cm³/mol. The maximum atomic E-state index is 12.9. The highest BCUT2D eigenvalue weighted by molar-refractivity contribution is 6.11. The average molecular weight is 408 g/mol. The molecule has 0 saturated carbocycles. The van der Waals surface area contributed by atoms with Crippen LogP contribution >= 0.6 is 0 Å². The molecule has 2 heterocycles. The van der Waals surface area contributed by atoms with Gasteiger partial charge in [0.15, 0.2) is 6.10 Å². The number of aromatic nitrogens is 1. The molecule has 1 aliphatic heterocycles. The highest BCUT2D eigenvalue weighted by atomic mass is 16.5. The van der Waals surface area contributed by atoms with Crippen LogP contribution in [0.2, 0.25) is 0 Å². The number of carbonyl (C=O) groups is 4. The largest absolute Gasteiger partial charge is 0.454 e. The normalized spacial score (nSPS) is 21.7. The van der Waals surface area contributed by atoms with Crippen LogP contribution in [0.3, 0.4) is 0 Å². The van der Waals surface area contributed by atoms with Crippen molar-refractivity contribution in [1.82, 2.24) is 9.88 Å². The predicted octanol–water partition coefficient (Wildman–Crippen LogP) is 2.93. The van der Waals surface area contributed by atoms with Crippen molar-refractivity contribution in [2.75, 3.05) is 6.54 Å². The van der Waals surface area contributed by atoms with E-state index in [1.807, 2.05) is 36.4 Å². The third-order valence-corrected chi connectivity index (χ3v) is 5.96. The molecule has 7 nitrogen and oxygen atoms in total. The van der Waals surface area contributed by atoms with E-state index in [9.17, 15) is 19.2 Å². The number of imide groups is 1. The Bertz CT molecular complexity index is 1040. The number of amides is 2. The zero-order valence-corrected chi connectivity index (χ0v) is 17.0. The molecule has 1 fully saturated rings. The molecule has 0 radical (unpaired) electrons. The standard InChI is InChI=1S/C23H24N2O5/c1-13-20(17-9-5-6-10-18(17)24-13)21(27)14(2)30-19(26)11-12-25-22(28)15-7-3-4-8-16(15)23(25)29/h3-6,9-10,14-16,24H,7-8,11-12H2,1-2H3/t14-,15-,16+/m0/s1. The molecule has 4 rings (SSSR count). The molecule has 1 N–H and O–H groups in total. The number of aryl methyl sites for hydroxylation is 1. The second-order valence-electron chi connectivity index (χ2n) is 7.90. The highest BCUT2D eigenvalue weighted by Crippen LogP contribution is 2.35. The van der Waals surface area contributed by atoms with Crippen molar-refractivity contribution in [3.63, 3.8) is 0 Å². The van der Waals surface area contributed by atoms with Crippen LogP contribution < -0.4 is 0 Å².